The normalized spacial score (nSPS) is 11.4. The van der Waals surface area contributed by atoms with Gasteiger partial charge in [0.05, 0.1) is 11.6 Å². The molecule has 0 aliphatic heterocycles. The molecule has 0 aromatic heterocycles. The number of halogens is 1. The SMILES string of the molecule is Cc1ccc(NC(C)C(=O)Nc2cccc(C#N)c2)cc1F. The number of amides is 1. The topological polar surface area (TPSA) is 64.9 Å². The van der Waals surface area contributed by atoms with Gasteiger partial charge in [-0.05, 0) is 49.7 Å². The Morgan fingerprint density at radius 2 is 2.00 bits per heavy atom. The van der Waals surface area contributed by atoms with E-state index < -0.39 is 6.04 Å². The Kier molecular flexibility index (Phi) is 4.74. The Morgan fingerprint density at radius 3 is 2.68 bits per heavy atom. The van der Waals surface area contributed by atoms with Gasteiger partial charge in [-0.3, -0.25) is 4.79 Å². The zero-order chi connectivity index (χ0) is 16.1. The third-order valence-corrected chi connectivity index (χ3v) is 3.21. The summed E-state index contributed by atoms with van der Waals surface area (Å²) in [6, 6.07) is 12.8. The molecule has 0 saturated carbocycles. The monoisotopic (exact) mass is 297 g/mol. The number of rotatable bonds is 4. The largest absolute Gasteiger partial charge is 0.374 e. The van der Waals surface area contributed by atoms with Crippen molar-refractivity contribution in [2.75, 3.05) is 10.6 Å². The summed E-state index contributed by atoms with van der Waals surface area (Å²) in [4.78, 5) is 12.1. The number of carbonyl (C=O) groups is 1. The molecule has 0 saturated heterocycles. The summed E-state index contributed by atoms with van der Waals surface area (Å²) in [7, 11) is 0. The molecule has 0 fully saturated rings. The van der Waals surface area contributed by atoms with Crippen LogP contribution in [0.3, 0.4) is 0 Å². The Balaban J connectivity index is 2.02. The molecule has 1 amide bonds. The lowest BCUT2D eigenvalue weighted by molar-refractivity contribution is -0.116. The van der Waals surface area contributed by atoms with Crippen molar-refractivity contribution in [3.8, 4) is 6.07 Å². The molecule has 2 rings (SSSR count). The number of hydrogen-bond donors (Lipinski definition) is 2. The molecule has 2 N–H and O–H groups in total. The van der Waals surface area contributed by atoms with Crippen molar-refractivity contribution >= 4 is 17.3 Å². The fraction of sp³-hybridized carbons (Fsp3) is 0.176. The highest BCUT2D eigenvalue weighted by Crippen LogP contribution is 2.15. The number of nitrogens with one attached hydrogen (secondary N) is 2. The second-order valence-corrected chi connectivity index (χ2v) is 5.01. The van der Waals surface area contributed by atoms with E-state index >= 15 is 0 Å². The summed E-state index contributed by atoms with van der Waals surface area (Å²) in [5, 5.41) is 14.5. The van der Waals surface area contributed by atoms with Crippen LogP contribution in [-0.4, -0.2) is 11.9 Å². The van der Waals surface area contributed by atoms with Gasteiger partial charge in [-0.2, -0.15) is 5.26 Å². The van der Waals surface area contributed by atoms with Crippen molar-refractivity contribution in [2.45, 2.75) is 19.9 Å². The quantitative estimate of drug-likeness (QED) is 0.908. The van der Waals surface area contributed by atoms with E-state index in [1.54, 1.807) is 50.2 Å². The van der Waals surface area contributed by atoms with Gasteiger partial charge in [0.2, 0.25) is 5.91 Å². The average molecular weight is 297 g/mol. The molecular weight excluding hydrogens is 281 g/mol. The second kappa shape index (κ2) is 6.72. The lowest BCUT2D eigenvalue weighted by atomic mass is 10.2. The first-order chi connectivity index (χ1) is 10.5. The van der Waals surface area contributed by atoms with Crippen molar-refractivity contribution in [1.82, 2.24) is 0 Å². The minimum absolute atomic E-state index is 0.268. The summed E-state index contributed by atoms with van der Waals surface area (Å²) in [6.45, 7) is 3.36. The van der Waals surface area contributed by atoms with Crippen LogP contribution in [0.15, 0.2) is 42.5 Å². The molecule has 0 bridgehead atoms. The van der Waals surface area contributed by atoms with Gasteiger partial charge in [-0.15, -0.1) is 0 Å². The third-order valence-electron chi connectivity index (χ3n) is 3.21. The van der Waals surface area contributed by atoms with E-state index in [2.05, 4.69) is 10.6 Å². The van der Waals surface area contributed by atoms with Gasteiger partial charge in [0, 0.05) is 11.4 Å². The molecule has 0 spiro atoms. The maximum atomic E-state index is 13.5. The van der Waals surface area contributed by atoms with Gasteiger partial charge in [0.15, 0.2) is 0 Å². The van der Waals surface area contributed by atoms with Crippen molar-refractivity contribution in [2.24, 2.45) is 0 Å². The second-order valence-electron chi connectivity index (χ2n) is 5.01. The molecule has 0 radical (unpaired) electrons. The van der Waals surface area contributed by atoms with Gasteiger partial charge in [-0.25, -0.2) is 4.39 Å². The van der Waals surface area contributed by atoms with E-state index in [-0.39, 0.29) is 11.7 Å². The van der Waals surface area contributed by atoms with Gasteiger partial charge in [0.1, 0.15) is 11.9 Å². The number of anilines is 2. The average Bonchev–Trinajstić information content (AvgIpc) is 2.51. The van der Waals surface area contributed by atoms with Crippen LogP contribution in [0, 0.1) is 24.1 Å². The summed E-state index contributed by atoms with van der Waals surface area (Å²) >= 11 is 0. The molecule has 112 valence electrons. The van der Waals surface area contributed by atoms with Crippen LogP contribution in [0.2, 0.25) is 0 Å². The molecule has 2 aromatic carbocycles. The van der Waals surface area contributed by atoms with E-state index in [1.165, 1.54) is 6.07 Å². The molecule has 2 aromatic rings. The molecule has 0 heterocycles. The van der Waals surface area contributed by atoms with E-state index in [1.807, 2.05) is 6.07 Å². The van der Waals surface area contributed by atoms with E-state index in [0.717, 1.165) is 0 Å². The highest BCUT2D eigenvalue weighted by molar-refractivity contribution is 5.96. The highest BCUT2D eigenvalue weighted by Gasteiger charge is 2.13. The molecule has 0 aliphatic rings. The minimum atomic E-state index is -0.548. The highest BCUT2D eigenvalue weighted by atomic mass is 19.1. The number of nitriles is 1. The summed E-state index contributed by atoms with van der Waals surface area (Å²) in [6.07, 6.45) is 0. The molecule has 1 unspecified atom stereocenters. The van der Waals surface area contributed by atoms with Crippen LogP contribution >= 0.6 is 0 Å². The van der Waals surface area contributed by atoms with Gasteiger partial charge < -0.3 is 10.6 Å². The Bertz CT molecular complexity index is 737. The van der Waals surface area contributed by atoms with Crippen LogP contribution < -0.4 is 10.6 Å². The lowest BCUT2D eigenvalue weighted by Gasteiger charge is -2.15. The number of hydrogen-bond acceptors (Lipinski definition) is 3. The zero-order valence-corrected chi connectivity index (χ0v) is 12.4. The van der Waals surface area contributed by atoms with Crippen LogP contribution in [0.25, 0.3) is 0 Å². The lowest BCUT2D eigenvalue weighted by Crippen LogP contribution is -2.31. The smallest absolute Gasteiger partial charge is 0.246 e. The predicted octanol–water partition coefficient (Wildman–Crippen LogP) is 3.44. The zero-order valence-electron chi connectivity index (χ0n) is 12.4. The van der Waals surface area contributed by atoms with Gasteiger partial charge in [0.25, 0.3) is 0 Å². The summed E-state index contributed by atoms with van der Waals surface area (Å²) in [5.74, 6) is -0.588. The Morgan fingerprint density at radius 1 is 1.23 bits per heavy atom. The van der Waals surface area contributed by atoms with Crippen molar-refractivity contribution in [3.63, 3.8) is 0 Å². The first kappa shape index (κ1) is 15.5. The maximum absolute atomic E-state index is 13.5. The van der Waals surface area contributed by atoms with Gasteiger partial charge in [-0.1, -0.05) is 12.1 Å². The fourth-order valence-electron chi connectivity index (χ4n) is 1.92. The van der Waals surface area contributed by atoms with E-state index in [0.29, 0.717) is 22.5 Å². The first-order valence-corrected chi connectivity index (χ1v) is 6.83. The molecule has 4 nitrogen and oxygen atoms in total. The van der Waals surface area contributed by atoms with Crippen LogP contribution in [0.4, 0.5) is 15.8 Å². The van der Waals surface area contributed by atoms with E-state index in [9.17, 15) is 9.18 Å². The Labute approximate surface area is 128 Å². The van der Waals surface area contributed by atoms with E-state index in [4.69, 9.17) is 5.26 Å². The van der Waals surface area contributed by atoms with Crippen LogP contribution in [0.1, 0.15) is 18.1 Å². The van der Waals surface area contributed by atoms with Gasteiger partial charge >= 0.3 is 0 Å². The number of benzene rings is 2. The van der Waals surface area contributed by atoms with Crippen molar-refractivity contribution < 1.29 is 9.18 Å². The first-order valence-electron chi connectivity index (χ1n) is 6.83. The summed E-state index contributed by atoms with van der Waals surface area (Å²) in [5.41, 5.74) is 2.11. The Hall–Kier alpha value is -2.87. The molecular formula is C17H16FN3O. The standard InChI is InChI=1S/C17H16FN3O/c1-11-6-7-15(9-16(11)18)20-12(2)17(22)21-14-5-3-4-13(8-14)10-19/h3-9,12,20H,1-2H3,(H,21,22). The molecule has 0 aliphatic carbocycles. The molecule has 1 atom stereocenters. The third kappa shape index (κ3) is 3.83. The minimum Gasteiger partial charge on any atom is -0.374 e. The van der Waals surface area contributed by atoms with Crippen LogP contribution in [-0.2, 0) is 4.79 Å². The van der Waals surface area contributed by atoms with Crippen molar-refractivity contribution in [1.29, 1.82) is 5.26 Å². The maximum Gasteiger partial charge on any atom is 0.246 e. The van der Waals surface area contributed by atoms with Crippen molar-refractivity contribution in [3.05, 3.63) is 59.4 Å². The molecule has 5 heteroatoms. The molecule has 22 heavy (non-hydrogen) atoms. The summed E-state index contributed by atoms with van der Waals surface area (Å²) < 4.78 is 13.5. The number of aryl methyl sites for hydroxylation is 1. The number of carbonyl (C=O) groups excluding carboxylic acids is 1. The van der Waals surface area contributed by atoms with Crippen LogP contribution in [0.5, 0.6) is 0 Å². The number of nitrogens with zero attached hydrogens (tertiary/aromatic N) is 1. The predicted molar refractivity (Wildman–Crippen MR) is 84.0 cm³/mol. The fourth-order valence-corrected chi connectivity index (χ4v) is 1.92.